The Morgan fingerprint density at radius 2 is 1.46 bits per heavy atom. The molecule has 1 heterocycles. The Bertz CT molecular complexity index is 1600. The molecule has 0 radical (unpaired) electrons. The second-order valence-electron chi connectivity index (χ2n) is 8.78. The van der Waals surface area contributed by atoms with Gasteiger partial charge in [-0.1, -0.05) is 70.9 Å². The summed E-state index contributed by atoms with van der Waals surface area (Å²) < 4.78 is 9.37. The van der Waals surface area contributed by atoms with Crippen LogP contribution < -0.4 is 9.88 Å². The van der Waals surface area contributed by atoms with Gasteiger partial charge in [0.25, 0.3) is 5.82 Å². The second-order valence-corrected chi connectivity index (χ2v) is 9.22. The van der Waals surface area contributed by atoms with Gasteiger partial charge in [-0.15, -0.1) is 0 Å². The first-order valence-corrected chi connectivity index (χ1v) is 13.1. The number of hydrogen-bond donors (Lipinski definition) is 1. The second kappa shape index (κ2) is 11.8. The van der Waals surface area contributed by atoms with Crippen molar-refractivity contribution in [1.29, 1.82) is 0 Å². The van der Waals surface area contributed by atoms with Gasteiger partial charge in [0.1, 0.15) is 17.1 Å². The number of ether oxygens (including phenoxy) is 1. The van der Waals surface area contributed by atoms with Gasteiger partial charge in [0.05, 0.1) is 22.8 Å². The number of esters is 1. The predicted molar refractivity (Wildman–Crippen MR) is 155 cm³/mol. The van der Waals surface area contributed by atoms with E-state index < -0.39 is 5.97 Å². The van der Waals surface area contributed by atoms with Crippen molar-refractivity contribution in [2.45, 2.75) is 13.8 Å². The average molecular weight is 536 g/mol. The minimum absolute atomic E-state index is 0.260. The molecule has 39 heavy (non-hydrogen) atoms. The molecule has 194 valence electrons. The van der Waals surface area contributed by atoms with E-state index in [2.05, 4.69) is 9.88 Å². The fourth-order valence-electron chi connectivity index (χ4n) is 4.28. The quantitative estimate of drug-likeness (QED) is 0.134. The molecular weight excluding hydrogens is 508 g/mol. The van der Waals surface area contributed by atoms with Gasteiger partial charge in [0.15, 0.2) is 0 Å². The van der Waals surface area contributed by atoms with E-state index in [1.54, 1.807) is 26.0 Å². The van der Waals surface area contributed by atoms with Crippen LogP contribution >= 0.6 is 11.6 Å². The third kappa shape index (κ3) is 5.61. The van der Waals surface area contributed by atoms with Gasteiger partial charge in [-0.3, -0.25) is 0 Å². The molecule has 1 N–H and O–H groups in total. The van der Waals surface area contributed by atoms with Crippen molar-refractivity contribution >= 4 is 29.0 Å². The molecule has 0 saturated heterocycles. The zero-order valence-electron chi connectivity index (χ0n) is 21.7. The zero-order valence-corrected chi connectivity index (χ0v) is 22.5. The largest absolute Gasteiger partial charge is 0.463 e. The molecule has 0 spiro atoms. The lowest BCUT2D eigenvalue weighted by molar-refractivity contribution is -0.587. The number of benzene rings is 4. The van der Waals surface area contributed by atoms with Crippen LogP contribution in [0.15, 0.2) is 121 Å². The first-order chi connectivity index (χ1) is 19.1. The SMILES string of the molecule is CCOC(=O)/C(C)=C(/Nc1ccc(Cl)cc1)c1n(-c2ccccc2)nc(-c2ccccc2)[n+]1-c1ccccc1. The Kier molecular flexibility index (Phi) is 7.85. The van der Waals surface area contributed by atoms with E-state index in [1.165, 1.54) is 0 Å². The van der Waals surface area contributed by atoms with Gasteiger partial charge in [-0.25, -0.2) is 4.79 Å². The molecule has 0 atom stereocenters. The molecule has 0 unspecified atom stereocenters. The van der Waals surface area contributed by atoms with E-state index in [1.807, 2.05) is 108 Å². The van der Waals surface area contributed by atoms with Crippen molar-refractivity contribution in [3.63, 3.8) is 0 Å². The number of rotatable bonds is 8. The Labute approximate surface area is 232 Å². The summed E-state index contributed by atoms with van der Waals surface area (Å²) in [6, 6.07) is 37.2. The first kappa shape index (κ1) is 25.9. The Balaban J connectivity index is 1.87. The van der Waals surface area contributed by atoms with Crippen LogP contribution in [0.4, 0.5) is 5.69 Å². The maximum atomic E-state index is 13.2. The van der Waals surface area contributed by atoms with E-state index in [-0.39, 0.29) is 6.61 Å². The summed E-state index contributed by atoms with van der Waals surface area (Å²) >= 11 is 6.17. The lowest BCUT2D eigenvalue weighted by Crippen LogP contribution is -2.38. The summed E-state index contributed by atoms with van der Waals surface area (Å²) in [7, 11) is 0. The molecule has 1 aromatic heterocycles. The zero-order chi connectivity index (χ0) is 27.2. The van der Waals surface area contributed by atoms with Crippen molar-refractivity contribution in [1.82, 2.24) is 9.78 Å². The summed E-state index contributed by atoms with van der Waals surface area (Å²) in [5, 5.41) is 9.23. The standard InChI is InChI=1S/C32H27ClN4O2/c1-3-39-32(38)23(2)29(34-26-21-19-25(33)20-22-26)31-36(27-15-9-5-10-16-27)30(24-13-7-4-8-14-24)35-37(31)28-17-11-6-12-18-28/h4-22H,3H2,1-2H3/p+1. The van der Waals surface area contributed by atoms with E-state index in [0.29, 0.717) is 27.9 Å². The molecule has 0 aliphatic rings. The molecule has 4 aromatic carbocycles. The van der Waals surface area contributed by atoms with Crippen LogP contribution in [-0.2, 0) is 9.53 Å². The summed E-state index contributed by atoms with van der Waals surface area (Å²) in [6.07, 6.45) is 0. The molecular formula is C32H28ClN4O2+. The normalized spacial score (nSPS) is 11.6. The smallest absolute Gasteiger partial charge is 0.336 e. The van der Waals surface area contributed by atoms with Crippen LogP contribution in [0.2, 0.25) is 5.02 Å². The highest BCUT2D eigenvalue weighted by molar-refractivity contribution is 6.30. The molecule has 0 amide bonds. The Morgan fingerprint density at radius 3 is 2.08 bits per heavy atom. The lowest BCUT2D eigenvalue weighted by atomic mass is 10.1. The van der Waals surface area contributed by atoms with Gasteiger partial charge in [0.2, 0.25) is 0 Å². The predicted octanol–water partition coefficient (Wildman–Crippen LogP) is 6.88. The third-order valence-corrected chi connectivity index (χ3v) is 6.41. The molecule has 5 rings (SSSR count). The van der Waals surface area contributed by atoms with Crippen molar-refractivity contribution < 1.29 is 14.1 Å². The monoisotopic (exact) mass is 535 g/mol. The number of nitrogens with one attached hydrogen (secondary N) is 1. The first-order valence-electron chi connectivity index (χ1n) is 12.7. The molecule has 5 aromatic rings. The summed E-state index contributed by atoms with van der Waals surface area (Å²) in [4.78, 5) is 13.2. The number of para-hydroxylation sites is 2. The third-order valence-electron chi connectivity index (χ3n) is 6.16. The maximum absolute atomic E-state index is 13.2. The molecule has 7 heteroatoms. The van der Waals surface area contributed by atoms with Gasteiger partial charge in [-0.05, 0) is 74.5 Å². The molecule has 0 saturated carbocycles. The highest BCUT2D eigenvalue weighted by Crippen LogP contribution is 2.28. The van der Waals surface area contributed by atoms with Gasteiger partial charge in [-0.2, -0.15) is 4.57 Å². The van der Waals surface area contributed by atoms with Crippen molar-refractivity contribution in [3.8, 4) is 22.8 Å². The number of nitrogens with zero attached hydrogens (tertiary/aromatic N) is 3. The molecule has 0 aliphatic carbocycles. The van der Waals surface area contributed by atoms with Crippen molar-refractivity contribution in [3.05, 3.63) is 132 Å². The van der Waals surface area contributed by atoms with Crippen LogP contribution in [0.5, 0.6) is 0 Å². The molecule has 0 bridgehead atoms. The number of carbonyl (C=O) groups excluding carboxylic acids is 1. The van der Waals surface area contributed by atoms with Gasteiger partial charge >= 0.3 is 11.8 Å². The Hall–Kier alpha value is -4.68. The van der Waals surface area contributed by atoms with E-state index in [0.717, 1.165) is 22.6 Å². The van der Waals surface area contributed by atoms with E-state index in [9.17, 15) is 4.79 Å². The van der Waals surface area contributed by atoms with Crippen LogP contribution in [0.25, 0.3) is 28.5 Å². The molecule has 0 aliphatic heterocycles. The summed E-state index contributed by atoms with van der Waals surface area (Å²) in [5.41, 5.74) is 4.38. The fourth-order valence-corrected chi connectivity index (χ4v) is 4.41. The summed E-state index contributed by atoms with van der Waals surface area (Å²) in [5.74, 6) is 0.954. The Morgan fingerprint density at radius 1 is 0.872 bits per heavy atom. The highest BCUT2D eigenvalue weighted by Gasteiger charge is 2.34. The van der Waals surface area contributed by atoms with Crippen LogP contribution in [0, 0.1) is 0 Å². The van der Waals surface area contributed by atoms with Crippen LogP contribution in [0.1, 0.15) is 19.7 Å². The minimum Gasteiger partial charge on any atom is -0.463 e. The number of hydrogen-bond acceptors (Lipinski definition) is 4. The van der Waals surface area contributed by atoms with Gasteiger partial charge < -0.3 is 10.1 Å². The van der Waals surface area contributed by atoms with Crippen LogP contribution in [-0.4, -0.2) is 22.4 Å². The van der Waals surface area contributed by atoms with Gasteiger partial charge in [0, 0.05) is 10.7 Å². The highest BCUT2D eigenvalue weighted by atomic mass is 35.5. The lowest BCUT2D eigenvalue weighted by Gasteiger charge is -2.15. The fraction of sp³-hybridized carbons (Fsp3) is 0.0938. The van der Waals surface area contributed by atoms with Crippen molar-refractivity contribution in [2.24, 2.45) is 0 Å². The topological polar surface area (TPSA) is 60.0 Å². The number of halogens is 1. The molecule has 0 fully saturated rings. The van der Waals surface area contributed by atoms with E-state index >= 15 is 0 Å². The number of anilines is 1. The average Bonchev–Trinajstić information content (AvgIpc) is 3.38. The summed E-state index contributed by atoms with van der Waals surface area (Å²) in [6.45, 7) is 3.82. The van der Waals surface area contributed by atoms with Crippen molar-refractivity contribution in [2.75, 3.05) is 11.9 Å². The number of aromatic nitrogens is 3. The number of carbonyl (C=O) groups is 1. The van der Waals surface area contributed by atoms with Crippen LogP contribution in [0.3, 0.4) is 0 Å². The molecule has 6 nitrogen and oxygen atoms in total. The minimum atomic E-state index is -0.421. The maximum Gasteiger partial charge on any atom is 0.336 e. The van der Waals surface area contributed by atoms with E-state index in [4.69, 9.17) is 21.4 Å².